The summed E-state index contributed by atoms with van der Waals surface area (Å²) in [5.41, 5.74) is 3.93. The smallest absolute Gasteiger partial charge is 0.00411 e. The summed E-state index contributed by atoms with van der Waals surface area (Å²) in [5, 5.41) is 0. The average Bonchev–Trinajstić information content (AvgIpc) is 2.60. The van der Waals surface area contributed by atoms with E-state index in [-0.39, 0.29) is 0 Å². The fourth-order valence-electron chi connectivity index (χ4n) is 3.51. The standard InChI is InChI=1S/C14H18/c1-4-9-14(10-5-1)11-8-12-6-2-3-7-13(12)14/h2-3,6-7H,1,4-5,8-11H2. The molecule has 2 aliphatic rings. The Labute approximate surface area is 86.3 Å². The Balaban J connectivity index is 2.03. The Bertz CT molecular complexity index is 326. The molecule has 1 fully saturated rings. The van der Waals surface area contributed by atoms with Crippen molar-refractivity contribution in [3.8, 4) is 0 Å². The van der Waals surface area contributed by atoms with Gasteiger partial charge in [0.15, 0.2) is 0 Å². The normalized spacial score (nSPS) is 23.7. The Morgan fingerprint density at radius 1 is 0.857 bits per heavy atom. The first-order valence-electron chi connectivity index (χ1n) is 5.99. The molecule has 0 N–H and O–H groups in total. The second-order valence-electron chi connectivity index (χ2n) is 5.00. The molecule has 0 aromatic heterocycles. The van der Waals surface area contributed by atoms with E-state index in [1.54, 1.807) is 11.1 Å². The lowest BCUT2D eigenvalue weighted by molar-refractivity contribution is 0.292. The molecule has 3 rings (SSSR count). The van der Waals surface area contributed by atoms with E-state index in [0.29, 0.717) is 5.41 Å². The van der Waals surface area contributed by atoms with E-state index < -0.39 is 0 Å². The topological polar surface area (TPSA) is 0 Å². The molecule has 0 saturated heterocycles. The molecule has 0 amide bonds. The quantitative estimate of drug-likeness (QED) is 0.577. The van der Waals surface area contributed by atoms with Crippen molar-refractivity contribution in [2.45, 2.75) is 50.4 Å². The van der Waals surface area contributed by atoms with Gasteiger partial charge in [0.25, 0.3) is 0 Å². The van der Waals surface area contributed by atoms with E-state index in [1.165, 1.54) is 44.9 Å². The Morgan fingerprint density at radius 3 is 2.50 bits per heavy atom. The lowest BCUT2D eigenvalue weighted by atomic mass is 9.70. The van der Waals surface area contributed by atoms with E-state index in [1.807, 2.05) is 0 Å². The van der Waals surface area contributed by atoms with Gasteiger partial charge in [0.05, 0.1) is 0 Å². The van der Waals surface area contributed by atoms with Crippen LogP contribution in [0.3, 0.4) is 0 Å². The molecule has 0 nitrogen and oxygen atoms in total. The molecule has 1 aromatic carbocycles. The SMILES string of the molecule is c1ccc2c(c1)CCC21CCCCC1. The van der Waals surface area contributed by atoms with Crippen LogP contribution < -0.4 is 0 Å². The van der Waals surface area contributed by atoms with Gasteiger partial charge in [-0.15, -0.1) is 0 Å². The van der Waals surface area contributed by atoms with Gasteiger partial charge in [-0.1, -0.05) is 43.5 Å². The van der Waals surface area contributed by atoms with Crippen LogP contribution in [0.15, 0.2) is 24.3 Å². The lowest BCUT2D eigenvalue weighted by Crippen LogP contribution is -2.25. The van der Waals surface area contributed by atoms with Crippen LogP contribution in [0.1, 0.15) is 49.7 Å². The number of aryl methyl sites for hydroxylation is 1. The maximum Gasteiger partial charge on any atom is -0.00411 e. The van der Waals surface area contributed by atoms with Crippen LogP contribution in [0.2, 0.25) is 0 Å². The second kappa shape index (κ2) is 3.12. The Hall–Kier alpha value is -0.780. The molecule has 0 aliphatic heterocycles. The highest BCUT2D eigenvalue weighted by Gasteiger charge is 2.38. The van der Waals surface area contributed by atoms with Gasteiger partial charge in [-0.25, -0.2) is 0 Å². The molecule has 0 heteroatoms. The van der Waals surface area contributed by atoms with Crippen molar-refractivity contribution in [3.63, 3.8) is 0 Å². The van der Waals surface area contributed by atoms with Crippen LogP contribution in [0.4, 0.5) is 0 Å². The maximum atomic E-state index is 2.38. The van der Waals surface area contributed by atoms with Crippen LogP contribution >= 0.6 is 0 Å². The minimum Gasteiger partial charge on any atom is -0.0620 e. The van der Waals surface area contributed by atoms with Crippen molar-refractivity contribution < 1.29 is 0 Å². The number of fused-ring (bicyclic) bond motifs is 2. The molecule has 1 aromatic rings. The fourth-order valence-corrected chi connectivity index (χ4v) is 3.51. The van der Waals surface area contributed by atoms with E-state index in [0.717, 1.165) is 0 Å². The van der Waals surface area contributed by atoms with E-state index in [9.17, 15) is 0 Å². The van der Waals surface area contributed by atoms with Gasteiger partial charge in [-0.3, -0.25) is 0 Å². The molecule has 1 saturated carbocycles. The molecule has 0 bridgehead atoms. The molecule has 2 aliphatic carbocycles. The summed E-state index contributed by atoms with van der Waals surface area (Å²) >= 11 is 0. The maximum absolute atomic E-state index is 2.38. The van der Waals surface area contributed by atoms with Crippen molar-refractivity contribution in [1.29, 1.82) is 0 Å². The first kappa shape index (κ1) is 8.52. The third kappa shape index (κ3) is 1.13. The van der Waals surface area contributed by atoms with Crippen LogP contribution in [0.25, 0.3) is 0 Å². The van der Waals surface area contributed by atoms with Gasteiger partial charge in [-0.2, -0.15) is 0 Å². The summed E-state index contributed by atoms with van der Waals surface area (Å²) in [6.45, 7) is 0. The van der Waals surface area contributed by atoms with E-state index in [4.69, 9.17) is 0 Å². The minimum atomic E-state index is 0.606. The van der Waals surface area contributed by atoms with E-state index >= 15 is 0 Å². The molecule has 14 heavy (non-hydrogen) atoms. The van der Waals surface area contributed by atoms with Gasteiger partial charge in [0.2, 0.25) is 0 Å². The Kier molecular flexibility index (Phi) is 1.90. The third-order valence-corrected chi connectivity index (χ3v) is 4.27. The van der Waals surface area contributed by atoms with Crippen LogP contribution in [0, 0.1) is 0 Å². The van der Waals surface area contributed by atoms with Gasteiger partial charge >= 0.3 is 0 Å². The van der Waals surface area contributed by atoms with Crippen molar-refractivity contribution in [3.05, 3.63) is 35.4 Å². The second-order valence-corrected chi connectivity index (χ2v) is 5.00. The first-order valence-corrected chi connectivity index (χ1v) is 5.99. The molecular formula is C14H18. The predicted molar refractivity (Wildman–Crippen MR) is 59.5 cm³/mol. The molecule has 74 valence electrons. The lowest BCUT2D eigenvalue weighted by Gasteiger charge is -2.34. The Morgan fingerprint density at radius 2 is 1.64 bits per heavy atom. The van der Waals surface area contributed by atoms with E-state index in [2.05, 4.69) is 24.3 Å². The van der Waals surface area contributed by atoms with Gasteiger partial charge in [0, 0.05) is 0 Å². The summed E-state index contributed by atoms with van der Waals surface area (Å²) in [6.07, 6.45) is 10.0. The van der Waals surface area contributed by atoms with Gasteiger partial charge < -0.3 is 0 Å². The first-order chi connectivity index (χ1) is 6.91. The summed E-state index contributed by atoms with van der Waals surface area (Å²) in [4.78, 5) is 0. The number of hydrogen-bond acceptors (Lipinski definition) is 0. The molecule has 0 atom stereocenters. The molecule has 0 unspecified atom stereocenters. The summed E-state index contributed by atoms with van der Waals surface area (Å²) in [5.74, 6) is 0. The molecule has 0 heterocycles. The summed E-state index contributed by atoms with van der Waals surface area (Å²) < 4.78 is 0. The zero-order valence-corrected chi connectivity index (χ0v) is 8.76. The van der Waals surface area contributed by atoms with Crippen LogP contribution in [-0.4, -0.2) is 0 Å². The highest BCUT2D eigenvalue weighted by molar-refractivity contribution is 5.39. The number of benzene rings is 1. The molecule has 1 spiro atoms. The summed E-state index contributed by atoms with van der Waals surface area (Å²) in [7, 11) is 0. The predicted octanol–water partition coefficient (Wildman–Crippen LogP) is 3.83. The number of hydrogen-bond donors (Lipinski definition) is 0. The van der Waals surface area contributed by atoms with Crippen molar-refractivity contribution in [2.24, 2.45) is 0 Å². The zero-order valence-electron chi connectivity index (χ0n) is 8.76. The minimum absolute atomic E-state index is 0.606. The zero-order chi connectivity index (χ0) is 9.43. The summed E-state index contributed by atoms with van der Waals surface area (Å²) in [6, 6.07) is 9.13. The third-order valence-electron chi connectivity index (χ3n) is 4.27. The average molecular weight is 186 g/mol. The van der Waals surface area contributed by atoms with Crippen molar-refractivity contribution in [1.82, 2.24) is 0 Å². The largest absolute Gasteiger partial charge is 0.0620 e. The van der Waals surface area contributed by atoms with Gasteiger partial charge in [0.1, 0.15) is 0 Å². The highest BCUT2D eigenvalue weighted by atomic mass is 14.4. The van der Waals surface area contributed by atoms with Crippen molar-refractivity contribution >= 4 is 0 Å². The van der Waals surface area contributed by atoms with Crippen LogP contribution in [-0.2, 0) is 11.8 Å². The number of rotatable bonds is 0. The monoisotopic (exact) mass is 186 g/mol. The van der Waals surface area contributed by atoms with Crippen molar-refractivity contribution in [2.75, 3.05) is 0 Å². The van der Waals surface area contributed by atoms with Crippen LogP contribution in [0.5, 0.6) is 0 Å². The molecule has 0 radical (unpaired) electrons. The molecular weight excluding hydrogens is 168 g/mol. The highest BCUT2D eigenvalue weighted by Crippen LogP contribution is 2.48. The fraction of sp³-hybridized carbons (Fsp3) is 0.571. The van der Waals surface area contributed by atoms with Gasteiger partial charge in [-0.05, 0) is 42.2 Å².